The molecule has 0 spiro atoms. The Bertz CT molecular complexity index is 1120. The van der Waals surface area contributed by atoms with E-state index in [9.17, 15) is 14.7 Å². The Morgan fingerprint density at radius 1 is 0.783 bits per heavy atom. The first-order valence-electron chi connectivity index (χ1n) is 6.98. The van der Waals surface area contributed by atoms with Crippen LogP contribution in [0.2, 0.25) is 0 Å². The molecule has 3 N–H and O–H groups in total. The number of hydrogen-bond donors (Lipinski definition) is 3. The van der Waals surface area contributed by atoms with Crippen molar-refractivity contribution < 1.29 is 5.11 Å². The van der Waals surface area contributed by atoms with Gasteiger partial charge in [0.2, 0.25) is 5.88 Å². The molecule has 0 radical (unpaired) electrons. The van der Waals surface area contributed by atoms with Gasteiger partial charge >= 0.3 is 5.69 Å². The van der Waals surface area contributed by atoms with Crippen molar-refractivity contribution >= 4 is 21.8 Å². The zero-order chi connectivity index (χ0) is 16.0. The molecule has 0 aliphatic heterocycles. The lowest BCUT2D eigenvalue weighted by Crippen LogP contribution is -2.23. The molecule has 0 amide bonds. The SMILES string of the molecule is O=c1[nH]c(O)c(-c2c3ccccc3nc3ccccc23)c(=O)[nH]1. The maximum Gasteiger partial charge on any atom is 0.328 e. The summed E-state index contributed by atoms with van der Waals surface area (Å²) in [7, 11) is 0. The third kappa shape index (κ3) is 2.00. The number of nitrogens with one attached hydrogen (secondary N) is 2. The van der Waals surface area contributed by atoms with Gasteiger partial charge in [-0.05, 0) is 12.1 Å². The molecule has 23 heavy (non-hydrogen) atoms. The largest absolute Gasteiger partial charge is 0.494 e. The highest BCUT2D eigenvalue weighted by atomic mass is 16.3. The Kier molecular flexibility index (Phi) is 2.77. The summed E-state index contributed by atoms with van der Waals surface area (Å²) in [5, 5.41) is 11.6. The molecule has 0 fully saturated rings. The van der Waals surface area contributed by atoms with Crippen LogP contribution in [-0.2, 0) is 0 Å². The number of pyridine rings is 1. The minimum atomic E-state index is -0.751. The highest BCUT2D eigenvalue weighted by Crippen LogP contribution is 2.35. The number of rotatable bonds is 1. The van der Waals surface area contributed by atoms with Crippen molar-refractivity contribution in [3.8, 4) is 17.0 Å². The number of aromatic amines is 2. The van der Waals surface area contributed by atoms with Crippen LogP contribution in [0.3, 0.4) is 0 Å². The van der Waals surface area contributed by atoms with E-state index in [2.05, 4.69) is 15.0 Å². The molecule has 0 atom stereocenters. The van der Waals surface area contributed by atoms with Crippen LogP contribution in [0.5, 0.6) is 5.88 Å². The Morgan fingerprint density at radius 2 is 1.35 bits per heavy atom. The average molecular weight is 305 g/mol. The zero-order valence-electron chi connectivity index (χ0n) is 11.8. The van der Waals surface area contributed by atoms with Crippen LogP contribution in [-0.4, -0.2) is 20.1 Å². The van der Waals surface area contributed by atoms with Crippen molar-refractivity contribution in [2.45, 2.75) is 0 Å². The number of benzene rings is 2. The number of hydrogen-bond acceptors (Lipinski definition) is 4. The lowest BCUT2D eigenvalue weighted by Gasteiger charge is -2.11. The molecule has 0 unspecified atom stereocenters. The van der Waals surface area contributed by atoms with E-state index in [1.54, 1.807) is 0 Å². The van der Waals surface area contributed by atoms with Gasteiger partial charge in [0.05, 0.1) is 11.0 Å². The van der Waals surface area contributed by atoms with Gasteiger partial charge in [-0.2, -0.15) is 0 Å². The fraction of sp³-hybridized carbons (Fsp3) is 0. The third-order valence-electron chi connectivity index (χ3n) is 3.76. The van der Waals surface area contributed by atoms with Crippen LogP contribution in [0.15, 0.2) is 58.1 Å². The van der Waals surface area contributed by atoms with E-state index in [4.69, 9.17) is 0 Å². The van der Waals surface area contributed by atoms with Crippen LogP contribution in [0.1, 0.15) is 0 Å². The van der Waals surface area contributed by atoms with Gasteiger partial charge in [0.1, 0.15) is 5.56 Å². The first-order chi connectivity index (χ1) is 11.1. The van der Waals surface area contributed by atoms with Gasteiger partial charge in [-0.25, -0.2) is 9.78 Å². The standard InChI is InChI=1S/C17H11N3O3/c21-15-14(16(22)20-17(23)19-15)13-9-5-1-3-7-11(9)18-12-8-4-2-6-10(12)13/h1-8H,(H3,19,20,21,22,23). The maximum absolute atomic E-state index is 12.3. The summed E-state index contributed by atoms with van der Waals surface area (Å²) in [6.45, 7) is 0. The van der Waals surface area contributed by atoms with Gasteiger partial charge in [-0.3, -0.25) is 14.8 Å². The first-order valence-corrected chi connectivity index (χ1v) is 6.98. The van der Waals surface area contributed by atoms with Gasteiger partial charge in [0, 0.05) is 16.3 Å². The minimum Gasteiger partial charge on any atom is -0.494 e. The second kappa shape index (κ2) is 4.81. The molecule has 112 valence electrons. The Hall–Kier alpha value is -3.41. The topological polar surface area (TPSA) is 98.8 Å². The molecule has 6 nitrogen and oxygen atoms in total. The summed E-state index contributed by atoms with van der Waals surface area (Å²) < 4.78 is 0. The molecule has 2 heterocycles. The number of H-pyrrole nitrogens is 2. The van der Waals surface area contributed by atoms with E-state index in [-0.39, 0.29) is 5.56 Å². The van der Waals surface area contributed by atoms with Gasteiger partial charge in [0.25, 0.3) is 5.56 Å². The van der Waals surface area contributed by atoms with Crippen molar-refractivity contribution in [1.82, 2.24) is 15.0 Å². The molecule has 6 heteroatoms. The predicted molar refractivity (Wildman–Crippen MR) is 87.6 cm³/mol. The molecule has 0 bridgehead atoms. The van der Waals surface area contributed by atoms with Crippen LogP contribution >= 0.6 is 0 Å². The van der Waals surface area contributed by atoms with E-state index >= 15 is 0 Å². The van der Waals surface area contributed by atoms with E-state index in [1.165, 1.54) is 0 Å². The molecular formula is C17H11N3O3. The van der Waals surface area contributed by atoms with Crippen LogP contribution in [0, 0.1) is 0 Å². The molecule has 0 aliphatic rings. The lowest BCUT2D eigenvalue weighted by atomic mass is 9.97. The Morgan fingerprint density at radius 3 is 1.91 bits per heavy atom. The number of aromatic hydroxyl groups is 1. The molecule has 0 saturated carbocycles. The summed E-state index contributed by atoms with van der Waals surface area (Å²) in [5.41, 5.74) is 0.574. The monoisotopic (exact) mass is 305 g/mol. The van der Waals surface area contributed by atoms with Crippen molar-refractivity contribution in [2.24, 2.45) is 0 Å². The van der Waals surface area contributed by atoms with Crippen molar-refractivity contribution in [1.29, 1.82) is 0 Å². The summed E-state index contributed by atoms with van der Waals surface area (Å²) in [6, 6.07) is 14.7. The molecule has 2 aromatic heterocycles. The quantitative estimate of drug-likeness (QED) is 0.469. The maximum atomic E-state index is 12.3. The summed E-state index contributed by atoms with van der Waals surface area (Å²) in [5.74, 6) is -0.458. The van der Waals surface area contributed by atoms with Crippen LogP contribution < -0.4 is 11.2 Å². The number of nitrogens with zero attached hydrogens (tertiary/aromatic N) is 1. The zero-order valence-corrected chi connectivity index (χ0v) is 11.8. The Labute approximate surface area is 129 Å². The second-order valence-electron chi connectivity index (χ2n) is 5.15. The average Bonchev–Trinajstić information content (AvgIpc) is 2.53. The smallest absolute Gasteiger partial charge is 0.328 e. The Balaban J connectivity index is 2.30. The van der Waals surface area contributed by atoms with Crippen molar-refractivity contribution in [2.75, 3.05) is 0 Å². The molecule has 0 aliphatic carbocycles. The molecule has 4 rings (SSSR count). The fourth-order valence-electron chi connectivity index (χ4n) is 2.82. The molecule has 2 aromatic carbocycles. The third-order valence-corrected chi connectivity index (χ3v) is 3.76. The highest BCUT2D eigenvalue weighted by Gasteiger charge is 2.18. The van der Waals surface area contributed by atoms with Gasteiger partial charge in [-0.1, -0.05) is 36.4 Å². The highest BCUT2D eigenvalue weighted by molar-refractivity contribution is 6.09. The lowest BCUT2D eigenvalue weighted by molar-refractivity contribution is 0.451. The van der Waals surface area contributed by atoms with Crippen LogP contribution in [0.4, 0.5) is 0 Å². The number of para-hydroxylation sites is 2. The molecular weight excluding hydrogens is 294 g/mol. The predicted octanol–water partition coefficient (Wildman–Crippen LogP) is 2.14. The minimum absolute atomic E-state index is 0.0272. The van der Waals surface area contributed by atoms with Crippen LogP contribution in [0.25, 0.3) is 32.9 Å². The summed E-state index contributed by atoms with van der Waals surface area (Å²) >= 11 is 0. The van der Waals surface area contributed by atoms with Crippen molar-refractivity contribution in [3.05, 3.63) is 69.4 Å². The van der Waals surface area contributed by atoms with Crippen molar-refractivity contribution in [3.63, 3.8) is 0 Å². The van der Waals surface area contributed by atoms with E-state index in [1.807, 2.05) is 48.5 Å². The first kappa shape index (κ1) is 13.3. The molecule has 4 aromatic rings. The fourth-order valence-corrected chi connectivity index (χ4v) is 2.82. The van der Waals surface area contributed by atoms with Gasteiger partial charge in [0.15, 0.2) is 0 Å². The number of fused-ring (bicyclic) bond motifs is 2. The molecule has 0 saturated heterocycles. The second-order valence-corrected chi connectivity index (χ2v) is 5.15. The normalized spacial score (nSPS) is 11.1. The van der Waals surface area contributed by atoms with E-state index in [0.29, 0.717) is 16.6 Å². The van der Waals surface area contributed by atoms with Gasteiger partial charge < -0.3 is 5.11 Å². The van der Waals surface area contributed by atoms with E-state index < -0.39 is 17.1 Å². The summed E-state index contributed by atoms with van der Waals surface area (Å²) in [6.07, 6.45) is 0. The summed E-state index contributed by atoms with van der Waals surface area (Å²) in [4.78, 5) is 32.6. The number of aromatic nitrogens is 3. The van der Waals surface area contributed by atoms with Gasteiger partial charge in [-0.15, -0.1) is 0 Å². The van der Waals surface area contributed by atoms with E-state index in [0.717, 1.165) is 10.8 Å².